The van der Waals surface area contributed by atoms with Crippen LogP contribution in [0.5, 0.6) is 0 Å². The topological polar surface area (TPSA) is 24.5 Å². The lowest BCUT2D eigenvalue weighted by Gasteiger charge is -2.30. The number of hydrogen-bond donors (Lipinski definition) is 1. The molecule has 0 aromatic carbocycles. The fourth-order valence-corrected chi connectivity index (χ4v) is 0.915. The predicted molar refractivity (Wildman–Crippen MR) is 35.9 cm³/mol. The molecule has 0 aliphatic carbocycles. The Morgan fingerprint density at radius 2 is 2.25 bits per heavy atom. The van der Waals surface area contributed by atoms with Gasteiger partial charge in [-0.25, -0.2) is 5.43 Å². The molecular weight excluding hydrogens is 173 g/mol. The third kappa shape index (κ3) is 1.89. The van der Waals surface area contributed by atoms with E-state index in [2.05, 4.69) is 5.43 Å². The average molecular weight is 182 g/mol. The minimum atomic E-state index is -4.31. The molecule has 6 heteroatoms. The van der Waals surface area contributed by atoms with E-state index in [1.54, 1.807) is 0 Å². The highest BCUT2D eigenvalue weighted by Gasteiger charge is 2.38. The van der Waals surface area contributed by atoms with Crippen LogP contribution < -0.4 is 5.43 Å². The lowest BCUT2D eigenvalue weighted by atomic mass is 10.3. The van der Waals surface area contributed by atoms with E-state index >= 15 is 0 Å². The Morgan fingerprint density at radius 3 is 2.67 bits per heavy atom. The van der Waals surface area contributed by atoms with Gasteiger partial charge in [-0.05, 0) is 6.08 Å². The highest BCUT2D eigenvalue weighted by Crippen LogP contribution is 2.28. The van der Waals surface area contributed by atoms with Crippen LogP contribution in [0, 0.1) is 0 Å². The molecular formula is C6H9F3N2O. The van der Waals surface area contributed by atoms with Gasteiger partial charge in [-0.1, -0.05) is 0 Å². The summed E-state index contributed by atoms with van der Waals surface area (Å²) in [7, 11) is 1.41. The summed E-state index contributed by atoms with van der Waals surface area (Å²) in [5, 5.41) is 0.906. The number of allylic oxidation sites excluding steroid dienone is 1. The maximum absolute atomic E-state index is 12.2. The van der Waals surface area contributed by atoms with E-state index in [1.807, 2.05) is 0 Å². The van der Waals surface area contributed by atoms with Gasteiger partial charge in [-0.15, -0.1) is 0 Å². The quantitative estimate of drug-likeness (QED) is 0.650. The summed E-state index contributed by atoms with van der Waals surface area (Å²) in [5.74, 6) is 0. The Balaban J connectivity index is 2.77. The molecule has 0 atom stereocenters. The molecule has 0 unspecified atom stereocenters. The molecule has 0 spiro atoms. The molecule has 1 aliphatic heterocycles. The van der Waals surface area contributed by atoms with Crippen LogP contribution >= 0.6 is 0 Å². The van der Waals surface area contributed by atoms with E-state index in [-0.39, 0.29) is 13.3 Å². The Kier molecular flexibility index (Phi) is 2.58. The number of alkyl halides is 3. The second-order valence-corrected chi connectivity index (χ2v) is 2.24. The van der Waals surface area contributed by atoms with Crippen LogP contribution in [0.3, 0.4) is 0 Å². The summed E-state index contributed by atoms with van der Waals surface area (Å²) >= 11 is 0. The van der Waals surface area contributed by atoms with Gasteiger partial charge in [0.2, 0.25) is 0 Å². The van der Waals surface area contributed by atoms with E-state index in [9.17, 15) is 13.2 Å². The molecule has 0 radical (unpaired) electrons. The number of ether oxygens (including phenoxy) is 1. The predicted octanol–water partition coefficient (Wildman–Crippen LogP) is 0.857. The van der Waals surface area contributed by atoms with Crippen molar-refractivity contribution < 1.29 is 17.9 Å². The molecule has 1 rings (SSSR count). The van der Waals surface area contributed by atoms with Crippen molar-refractivity contribution >= 4 is 0 Å². The van der Waals surface area contributed by atoms with Gasteiger partial charge >= 0.3 is 6.18 Å². The Bertz CT molecular complexity index is 190. The van der Waals surface area contributed by atoms with Crippen LogP contribution in [-0.4, -0.2) is 31.6 Å². The Labute approximate surface area is 67.8 Å². The van der Waals surface area contributed by atoms with E-state index in [4.69, 9.17) is 4.74 Å². The Hall–Kier alpha value is -0.750. The van der Waals surface area contributed by atoms with E-state index in [1.165, 1.54) is 7.05 Å². The fraction of sp³-hybridized carbons (Fsp3) is 0.667. The zero-order valence-electron chi connectivity index (χ0n) is 6.48. The summed E-state index contributed by atoms with van der Waals surface area (Å²) < 4.78 is 41.3. The van der Waals surface area contributed by atoms with Gasteiger partial charge in [0.25, 0.3) is 0 Å². The van der Waals surface area contributed by atoms with Crippen LogP contribution in [-0.2, 0) is 4.74 Å². The third-order valence-corrected chi connectivity index (χ3v) is 1.47. The number of halogens is 3. The molecule has 0 saturated heterocycles. The highest BCUT2D eigenvalue weighted by molar-refractivity contribution is 5.08. The van der Waals surface area contributed by atoms with E-state index < -0.39 is 11.9 Å². The minimum absolute atomic E-state index is 0.00697. The number of rotatable bonds is 1. The van der Waals surface area contributed by atoms with Gasteiger partial charge in [0, 0.05) is 7.05 Å². The monoisotopic (exact) mass is 182 g/mol. The number of hydrazine groups is 1. The van der Waals surface area contributed by atoms with Gasteiger partial charge < -0.3 is 4.74 Å². The van der Waals surface area contributed by atoms with Crippen molar-refractivity contribution in [2.24, 2.45) is 0 Å². The standard InChI is InChI=1S/C6H9F3N2O/c1-10-11-4-12-3-2-5(11)6(7,8)9/h2,10H,3-4H2,1H3. The zero-order valence-corrected chi connectivity index (χ0v) is 6.48. The summed E-state index contributed by atoms with van der Waals surface area (Å²) in [6, 6.07) is 0. The molecule has 0 amide bonds. The normalized spacial score (nSPS) is 19.3. The molecule has 70 valence electrons. The van der Waals surface area contributed by atoms with Crippen LogP contribution in [0.4, 0.5) is 13.2 Å². The molecule has 0 aromatic heterocycles. The molecule has 1 N–H and O–H groups in total. The van der Waals surface area contributed by atoms with Crippen LogP contribution in [0.1, 0.15) is 0 Å². The fourth-order valence-electron chi connectivity index (χ4n) is 0.915. The first kappa shape index (κ1) is 9.34. The van der Waals surface area contributed by atoms with Gasteiger partial charge in [-0.2, -0.15) is 13.2 Å². The molecule has 0 saturated carbocycles. The molecule has 3 nitrogen and oxygen atoms in total. The zero-order chi connectivity index (χ0) is 9.19. The summed E-state index contributed by atoms with van der Waals surface area (Å²) in [5.41, 5.74) is 1.68. The van der Waals surface area contributed by atoms with Crippen LogP contribution in [0.2, 0.25) is 0 Å². The minimum Gasteiger partial charge on any atom is -0.356 e. The van der Waals surface area contributed by atoms with E-state index in [0.717, 1.165) is 11.1 Å². The number of nitrogens with zero attached hydrogens (tertiary/aromatic N) is 1. The first-order chi connectivity index (χ1) is 5.55. The SMILES string of the molecule is CNN1COCC=C1C(F)(F)F. The van der Waals surface area contributed by atoms with Gasteiger partial charge in [0.05, 0.1) is 6.61 Å². The van der Waals surface area contributed by atoms with Crippen molar-refractivity contribution in [3.05, 3.63) is 11.8 Å². The maximum Gasteiger partial charge on any atom is 0.432 e. The molecule has 1 aliphatic rings. The lowest BCUT2D eigenvalue weighted by Crippen LogP contribution is -2.43. The largest absolute Gasteiger partial charge is 0.432 e. The van der Waals surface area contributed by atoms with Crippen molar-refractivity contribution in [3.8, 4) is 0 Å². The molecule has 0 fully saturated rings. The molecule has 0 bridgehead atoms. The highest BCUT2D eigenvalue weighted by atomic mass is 19.4. The van der Waals surface area contributed by atoms with Crippen molar-refractivity contribution in [2.45, 2.75) is 6.18 Å². The van der Waals surface area contributed by atoms with Crippen molar-refractivity contribution in [1.82, 2.24) is 10.4 Å². The second kappa shape index (κ2) is 3.32. The maximum atomic E-state index is 12.2. The van der Waals surface area contributed by atoms with Gasteiger partial charge in [0.15, 0.2) is 0 Å². The van der Waals surface area contributed by atoms with Gasteiger partial charge in [0.1, 0.15) is 12.4 Å². The summed E-state index contributed by atoms with van der Waals surface area (Å²) in [4.78, 5) is 0. The first-order valence-corrected chi connectivity index (χ1v) is 3.35. The second-order valence-electron chi connectivity index (χ2n) is 2.24. The lowest BCUT2D eigenvalue weighted by molar-refractivity contribution is -0.133. The number of nitrogens with one attached hydrogen (secondary N) is 1. The van der Waals surface area contributed by atoms with Crippen molar-refractivity contribution in [3.63, 3.8) is 0 Å². The van der Waals surface area contributed by atoms with E-state index in [0.29, 0.717) is 0 Å². The summed E-state index contributed by atoms with van der Waals surface area (Å²) in [6.45, 7) is -0.0745. The third-order valence-electron chi connectivity index (χ3n) is 1.47. The van der Waals surface area contributed by atoms with Crippen molar-refractivity contribution in [2.75, 3.05) is 20.4 Å². The molecule has 1 heterocycles. The summed E-state index contributed by atoms with van der Waals surface area (Å²) in [6.07, 6.45) is -3.31. The number of hydrogen-bond acceptors (Lipinski definition) is 3. The first-order valence-electron chi connectivity index (χ1n) is 3.35. The van der Waals surface area contributed by atoms with Gasteiger partial charge in [-0.3, -0.25) is 5.01 Å². The van der Waals surface area contributed by atoms with Crippen molar-refractivity contribution in [1.29, 1.82) is 0 Å². The molecule has 12 heavy (non-hydrogen) atoms. The Morgan fingerprint density at radius 1 is 1.58 bits per heavy atom. The molecule has 0 aromatic rings. The van der Waals surface area contributed by atoms with Crippen LogP contribution in [0.25, 0.3) is 0 Å². The average Bonchev–Trinajstić information content (AvgIpc) is 2.03. The smallest absolute Gasteiger partial charge is 0.356 e. The van der Waals surface area contributed by atoms with Crippen LogP contribution in [0.15, 0.2) is 11.8 Å².